The molecule has 1 aliphatic carbocycles. The number of anilines is 1. The second-order valence-electron chi connectivity index (χ2n) is 4.94. The van der Waals surface area contributed by atoms with Crippen LogP contribution in [-0.2, 0) is 0 Å². The van der Waals surface area contributed by atoms with Gasteiger partial charge in [-0.1, -0.05) is 11.8 Å². The predicted molar refractivity (Wildman–Crippen MR) is 83.8 cm³/mol. The molecule has 3 rings (SSSR count). The van der Waals surface area contributed by atoms with E-state index in [1.54, 1.807) is 36.0 Å². The lowest BCUT2D eigenvalue weighted by Crippen LogP contribution is -2.30. The van der Waals surface area contributed by atoms with Gasteiger partial charge in [0.1, 0.15) is 0 Å². The van der Waals surface area contributed by atoms with Crippen molar-refractivity contribution < 1.29 is 9.59 Å². The Bertz CT molecular complexity index is 581. The zero-order valence-corrected chi connectivity index (χ0v) is 12.2. The zero-order valence-electron chi connectivity index (χ0n) is 11.4. The molecule has 2 aliphatic rings. The summed E-state index contributed by atoms with van der Waals surface area (Å²) < 4.78 is 0. The maximum Gasteiger partial charge on any atom is 0.319 e. The normalized spacial score (nSPS) is 17.0. The number of benzene rings is 1. The fourth-order valence-electron chi connectivity index (χ4n) is 1.87. The van der Waals surface area contributed by atoms with E-state index in [9.17, 15) is 9.59 Å². The molecular formula is C14H16N4O2S. The van der Waals surface area contributed by atoms with Gasteiger partial charge in [0.15, 0.2) is 5.17 Å². The second-order valence-corrected chi connectivity index (χ2v) is 6.02. The summed E-state index contributed by atoms with van der Waals surface area (Å²) in [5.74, 6) is 0.728. The maximum atomic E-state index is 12.0. The molecule has 1 aromatic carbocycles. The number of amidine groups is 1. The summed E-state index contributed by atoms with van der Waals surface area (Å²) in [4.78, 5) is 27.7. The third kappa shape index (κ3) is 3.98. The van der Waals surface area contributed by atoms with Crippen LogP contribution in [0, 0.1) is 0 Å². The number of hydrogen-bond acceptors (Lipinski definition) is 4. The molecule has 7 heteroatoms. The fourth-order valence-corrected chi connectivity index (χ4v) is 2.59. The van der Waals surface area contributed by atoms with Gasteiger partial charge in [-0.3, -0.25) is 9.79 Å². The number of amides is 3. The third-order valence-electron chi connectivity index (χ3n) is 3.12. The van der Waals surface area contributed by atoms with E-state index in [1.165, 1.54) is 0 Å². The third-order valence-corrected chi connectivity index (χ3v) is 4.01. The minimum atomic E-state index is -0.202. The van der Waals surface area contributed by atoms with E-state index >= 15 is 0 Å². The first-order valence-electron chi connectivity index (χ1n) is 6.87. The highest BCUT2D eigenvalue weighted by molar-refractivity contribution is 8.14. The van der Waals surface area contributed by atoms with Gasteiger partial charge >= 0.3 is 6.03 Å². The van der Waals surface area contributed by atoms with Gasteiger partial charge in [-0.25, -0.2) is 4.79 Å². The van der Waals surface area contributed by atoms with Crippen molar-refractivity contribution in [2.75, 3.05) is 17.6 Å². The fraction of sp³-hybridized carbons (Fsp3) is 0.357. The van der Waals surface area contributed by atoms with Crippen LogP contribution in [0.15, 0.2) is 29.3 Å². The Hall–Kier alpha value is -2.02. The Labute approximate surface area is 126 Å². The minimum Gasteiger partial charge on any atom is -0.335 e. The van der Waals surface area contributed by atoms with Crippen molar-refractivity contribution in [2.24, 2.45) is 4.99 Å². The molecule has 3 N–H and O–H groups in total. The molecule has 0 aromatic heterocycles. The first-order valence-corrected chi connectivity index (χ1v) is 7.85. The predicted octanol–water partition coefficient (Wildman–Crippen LogP) is 1.80. The first kappa shape index (κ1) is 13.9. The molecule has 0 spiro atoms. The Morgan fingerprint density at radius 1 is 1.14 bits per heavy atom. The number of urea groups is 1. The van der Waals surface area contributed by atoms with E-state index in [2.05, 4.69) is 20.9 Å². The topological polar surface area (TPSA) is 82.6 Å². The Morgan fingerprint density at radius 2 is 1.90 bits per heavy atom. The summed E-state index contributed by atoms with van der Waals surface area (Å²) >= 11 is 1.54. The summed E-state index contributed by atoms with van der Waals surface area (Å²) in [6, 6.07) is 6.91. The quantitative estimate of drug-likeness (QED) is 0.796. The molecule has 6 nitrogen and oxygen atoms in total. The average Bonchev–Trinajstić information content (AvgIpc) is 3.13. The molecule has 1 aliphatic heterocycles. The molecule has 110 valence electrons. The number of rotatable bonds is 3. The summed E-state index contributed by atoms with van der Waals surface area (Å²) in [6.45, 7) is 0.749. The molecule has 3 amide bonds. The molecule has 0 radical (unpaired) electrons. The molecule has 0 atom stereocenters. The number of nitrogens with one attached hydrogen (secondary N) is 3. The van der Waals surface area contributed by atoms with Crippen LogP contribution in [-0.4, -0.2) is 35.4 Å². The van der Waals surface area contributed by atoms with Crippen molar-refractivity contribution in [2.45, 2.75) is 18.9 Å². The van der Waals surface area contributed by atoms with Crippen molar-refractivity contribution in [1.82, 2.24) is 10.6 Å². The molecule has 0 unspecified atom stereocenters. The molecular weight excluding hydrogens is 288 g/mol. The van der Waals surface area contributed by atoms with Crippen molar-refractivity contribution in [3.05, 3.63) is 29.8 Å². The summed E-state index contributed by atoms with van der Waals surface area (Å²) in [7, 11) is 0. The van der Waals surface area contributed by atoms with Crippen LogP contribution in [0.2, 0.25) is 0 Å². The highest BCUT2D eigenvalue weighted by atomic mass is 32.2. The first-order chi connectivity index (χ1) is 10.2. The molecule has 0 saturated heterocycles. The van der Waals surface area contributed by atoms with Crippen LogP contribution in [0.3, 0.4) is 0 Å². The molecule has 1 fully saturated rings. The number of carbonyl (C=O) groups is 2. The lowest BCUT2D eigenvalue weighted by molar-refractivity contribution is 0.0978. The smallest absolute Gasteiger partial charge is 0.319 e. The number of nitrogens with zero attached hydrogens (tertiary/aromatic N) is 1. The van der Waals surface area contributed by atoms with Crippen LogP contribution >= 0.6 is 11.8 Å². The molecule has 1 saturated carbocycles. The van der Waals surface area contributed by atoms with E-state index in [-0.39, 0.29) is 11.9 Å². The lowest BCUT2D eigenvalue weighted by Gasteiger charge is -2.08. The van der Waals surface area contributed by atoms with Gasteiger partial charge in [-0.2, -0.15) is 0 Å². The molecule has 0 bridgehead atoms. The zero-order chi connectivity index (χ0) is 14.7. The van der Waals surface area contributed by atoms with Crippen LogP contribution < -0.4 is 16.0 Å². The van der Waals surface area contributed by atoms with E-state index < -0.39 is 0 Å². The number of thioether (sulfide) groups is 1. The SMILES string of the molecule is O=C(Nc1ccc(C(=O)NC2=NCCS2)cc1)NC1CC1. The monoisotopic (exact) mass is 304 g/mol. The minimum absolute atomic E-state index is 0.183. The van der Waals surface area contributed by atoms with Gasteiger partial charge in [-0.05, 0) is 37.1 Å². The number of aliphatic imine (C=N–C) groups is 1. The highest BCUT2D eigenvalue weighted by Crippen LogP contribution is 2.19. The Morgan fingerprint density at radius 3 is 2.52 bits per heavy atom. The van der Waals surface area contributed by atoms with E-state index in [0.717, 1.165) is 25.1 Å². The van der Waals surface area contributed by atoms with Gasteiger partial charge < -0.3 is 16.0 Å². The van der Waals surface area contributed by atoms with Crippen LogP contribution in [0.4, 0.5) is 10.5 Å². The van der Waals surface area contributed by atoms with Crippen LogP contribution in [0.25, 0.3) is 0 Å². The summed E-state index contributed by atoms with van der Waals surface area (Å²) in [5, 5.41) is 9.02. The van der Waals surface area contributed by atoms with E-state index in [4.69, 9.17) is 0 Å². The van der Waals surface area contributed by atoms with Gasteiger partial charge in [0.05, 0.1) is 6.54 Å². The summed E-state index contributed by atoms with van der Waals surface area (Å²) in [5.41, 5.74) is 1.20. The molecule has 21 heavy (non-hydrogen) atoms. The van der Waals surface area contributed by atoms with Gasteiger partial charge in [-0.15, -0.1) is 0 Å². The van der Waals surface area contributed by atoms with Crippen molar-refractivity contribution in [3.8, 4) is 0 Å². The van der Waals surface area contributed by atoms with E-state index in [0.29, 0.717) is 22.5 Å². The Kier molecular flexibility index (Phi) is 4.10. The van der Waals surface area contributed by atoms with Gasteiger partial charge in [0, 0.05) is 23.0 Å². The molecule has 1 heterocycles. The number of carbonyl (C=O) groups excluding carboxylic acids is 2. The standard InChI is InChI=1S/C14H16N4O2S/c19-12(18-14-15-7-8-21-14)9-1-3-10(4-2-9)16-13(20)17-11-5-6-11/h1-4,11H,5-8H2,(H,15,18,19)(H2,16,17,20). The van der Waals surface area contributed by atoms with Crippen molar-refractivity contribution in [3.63, 3.8) is 0 Å². The highest BCUT2D eigenvalue weighted by Gasteiger charge is 2.23. The number of hydrogen-bond donors (Lipinski definition) is 3. The lowest BCUT2D eigenvalue weighted by atomic mass is 10.2. The van der Waals surface area contributed by atoms with Crippen LogP contribution in [0.1, 0.15) is 23.2 Å². The van der Waals surface area contributed by atoms with E-state index in [1.807, 2.05) is 0 Å². The van der Waals surface area contributed by atoms with Gasteiger partial charge in [0.25, 0.3) is 5.91 Å². The Balaban J connectivity index is 1.55. The van der Waals surface area contributed by atoms with Crippen molar-refractivity contribution >= 4 is 34.6 Å². The van der Waals surface area contributed by atoms with Crippen molar-refractivity contribution in [1.29, 1.82) is 0 Å². The van der Waals surface area contributed by atoms with Gasteiger partial charge in [0.2, 0.25) is 0 Å². The molecule has 1 aromatic rings. The second kappa shape index (κ2) is 6.17. The summed E-state index contributed by atoms with van der Waals surface area (Å²) in [6.07, 6.45) is 2.10. The maximum absolute atomic E-state index is 12.0. The van der Waals surface area contributed by atoms with Crippen LogP contribution in [0.5, 0.6) is 0 Å². The largest absolute Gasteiger partial charge is 0.335 e. The average molecular weight is 304 g/mol.